The first-order chi connectivity index (χ1) is 10.1. The van der Waals surface area contributed by atoms with Gasteiger partial charge in [0.1, 0.15) is 0 Å². The summed E-state index contributed by atoms with van der Waals surface area (Å²) in [5, 5.41) is 2.53. The molecule has 0 fully saturated rings. The van der Waals surface area contributed by atoms with Crippen molar-refractivity contribution in [2.75, 3.05) is 14.2 Å². The van der Waals surface area contributed by atoms with Crippen LogP contribution in [0.1, 0.15) is 16.5 Å². The summed E-state index contributed by atoms with van der Waals surface area (Å²) in [6, 6.07) is 5.68. The number of nitrogens with two attached hydrogens (primary N) is 1. The largest absolute Gasteiger partial charge is 0.493 e. The number of hydrogen-bond donors (Lipinski definition) is 2. The van der Waals surface area contributed by atoms with Gasteiger partial charge in [0.05, 0.1) is 25.3 Å². The smallest absolute Gasteiger partial charge is 0.179 e. The van der Waals surface area contributed by atoms with E-state index in [-0.39, 0.29) is 6.04 Å². The van der Waals surface area contributed by atoms with Crippen molar-refractivity contribution >= 4 is 38.9 Å². The van der Waals surface area contributed by atoms with E-state index in [1.807, 2.05) is 23.6 Å². The van der Waals surface area contributed by atoms with Crippen LogP contribution in [0.2, 0.25) is 5.02 Å². The lowest BCUT2D eigenvalue weighted by atomic mass is 10.0. The average Bonchev–Trinajstić information content (AvgIpc) is 2.88. The molecule has 1 heterocycles. The summed E-state index contributed by atoms with van der Waals surface area (Å²) in [6.07, 6.45) is 0.751. The van der Waals surface area contributed by atoms with Crippen LogP contribution >= 0.6 is 38.9 Å². The summed E-state index contributed by atoms with van der Waals surface area (Å²) < 4.78 is 11.7. The van der Waals surface area contributed by atoms with Crippen LogP contribution in [0.4, 0.5) is 0 Å². The van der Waals surface area contributed by atoms with Gasteiger partial charge in [-0.05, 0) is 45.1 Å². The van der Waals surface area contributed by atoms with Crippen molar-refractivity contribution in [2.45, 2.75) is 12.5 Å². The van der Waals surface area contributed by atoms with E-state index < -0.39 is 0 Å². The molecule has 0 bridgehead atoms. The summed E-state index contributed by atoms with van der Waals surface area (Å²) in [5.74, 6) is 6.82. The van der Waals surface area contributed by atoms with Crippen molar-refractivity contribution in [3.05, 3.63) is 43.5 Å². The van der Waals surface area contributed by atoms with E-state index in [0.29, 0.717) is 16.5 Å². The number of methoxy groups -OCH3 is 2. The first kappa shape index (κ1) is 16.6. The molecule has 2 rings (SSSR count). The third-order valence-corrected chi connectivity index (χ3v) is 5.37. The Morgan fingerprint density at radius 3 is 2.67 bits per heavy atom. The van der Waals surface area contributed by atoms with Crippen LogP contribution in [0, 0.1) is 0 Å². The van der Waals surface area contributed by atoms with Crippen LogP contribution in [-0.2, 0) is 6.42 Å². The molecule has 0 aliphatic heterocycles. The van der Waals surface area contributed by atoms with Gasteiger partial charge < -0.3 is 9.47 Å². The average molecular weight is 392 g/mol. The number of benzene rings is 1. The van der Waals surface area contributed by atoms with Crippen molar-refractivity contribution in [1.82, 2.24) is 5.43 Å². The van der Waals surface area contributed by atoms with Gasteiger partial charge in [-0.3, -0.25) is 11.3 Å². The van der Waals surface area contributed by atoms with Gasteiger partial charge in [-0.25, -0.2) is 0 Å². The maximum Gasteiger partial charge on any atom is 0.179 e. The lowest BCUT2D eigenvalue weighted by molar-refractivity contribution is 0.354. The second-order valence-electron chi connectivity index (χ2n) is 4.35. The van der Waals surface area contributed by atoms with E-state index in [4.69, 9.17) is 26.9 Å². The molecule has 0 amide bonds. The second kappa shape index (κ2) is 7.47. The van der Waals surface area contributed by atoms with E-state index in [2.05, 4.69) is 21.4 Å². The Morgan fingerprint density at radius 2 is 2.14 bits per heavy atom. The van der Waals surface area contributed by atoms with Crippen LogP contribution in [0.25, 0.3) is 0 Å². The molecule has 1 aromatic carbocycles. The van der Waals surface area contributed by atoms with E-state index in [9.17, 15) is 0 Å². The highest BCUT2D eigenvalue weighted by Crippen LogP contribution is 2.38. The summed E-state index contributed by atoms with van der Waals surface area (Å²) >= 11 is 11.5. The first-order valence-electron chi connectivity index (χ1n) is 6.20. The zero-order chi connectivity index (χ0) is 15.4. The Bertz CT molecular complexity index is 621. The second-order valence-corrected chi connectivity index (χ2v) is 6.62. The Balaban J connectivity index is 2.34. The van der Waals surface area contributed by atoms with Gasteiger partial charge in [0.15, 0.2) is 11.5 Å². The molecule has 4 nitrogen and oxygen atoms in total. The molecule has 0 saturated carbocycles. The fourth-order valence-corrected chi connectivity index (χ4v) is 3.93. The number of thiophene rings is 1. The molecule has 0 saturated heterocycles. The molecule has 114 valence electrons. The lowest BCUT2D eigenvalue weighted by Gasteiger charge is -2.19. The Hall–Kier alpha value is -0.790. The number of hydrogen-bond acceptors (Lipinski definition) is 5. The van der Waals surface area contributed by atoms with Crippen molar-refractivity contribution in [3.8, 4) is 11.5 Å². The predicted molar refractivity (Wildman–Crippen MR) is 90.3 cm³/mol. The van der Waals surface area contributed by atoms with Gasteiger partial charge in [-0.15, -0.1) is 11.3 Å². The van der Waals surface area contributed by atoms with Gasteiger partial charge in [-0.2, -0.15) is 0 Å². The highest BCUT2D eigenvalue weighted by molar-refractivity contribution is 9.10. The molecule has 1 atom stereocenters. The van der Waals surface area contributed by atoms with Crippen LogP contribution < -0.4 is 20.7 Å². The van der Waals surface area contributed by atoms with E-state index in [0.717, 1.165) is 16.5 Å². The molecule has 21 heavy (non-hydrogen) atoms. The monoisotopic (exact) mass is 390 g/mol. The van der Waals surface area contributed by atoms with Crippen LogP contribution in [0.15, 0.2) is 28.1 Å². The molecule has 1 unspecified atom stereocenters. The zero-order valence-corrected chi connectivity index (χ0v) is 14.8. The van der Waals surface area contributed by atoms with Crippen molar-refractivity contribution < 1.29 is 9.47 Å². The Morgan fingerprint density at radius 1 is 1.38 bits per heavy atom. The molecular formula is C14H16BrClN2O2S. The molecular weight excluding hydrogens is 376 g/mol. The summed E-state index contributed by atoms with van der Waals surface area (Å²) in [6.45, 7) is 0. The summed E-state index contributed by atoms with van der Waals surface area (Å²) in [7, 11) is 3.14. The van der Waals surface area contributed by atoms with Gasteiger partial charge in [0.25, 0.3) is 0 Å². The number of ether oxygens (including phenoxy) is 2. The maximum absolute atomic E-state index is 6.25. The van der Waals surface area contributed by atoms with Crippen LogP contribution in [-0.4, -0.2) is 14.2 Å². The maximum atomic E-state index is 6.25. The van der Waals surface area contributed by atoms with Gasteiger partial charge in [0, 0.05) is 15.8 Å². The molecule has 7 heteroatoms. The molecule has 1 aromatic heterocycles. The number of hydrazine groups is 1. The van der Waals surface area contributed by atoms with Crippen molar-refractivity contribution in [3.63, 3.8) is 0 Å². The van der Waals surface area contributed by atoms with Crippen LogP contribution in [0.3, 0.4) is 0 Å². The molecule has 0 spiro atoms. The van der Waals surface area contributed by atoms with E-state index in [1.165, 1.54) is 4.88 Å². The van der Waals surface area contributed by atoms with E-state index >= 15 is 0 Å². The topological polar surface area (TPSA) is 56.5 Å². The quantitative estimate of drug-likeness (QED) is 0.579. The lowest BCUT2D eigenvalue weighted by Crippen LogP contribution is -2.29. The van der Waals surface area contributed by atoms with Gasteiger partial charge in [0.2, 0.25) is 0 Å². The normalized spacial score (nSPS) is 12.2. The SMILES string of the molecule is COc1cc(C(Cc2sccc2Br)NN)cc(Cl)c1OC. The first-order valence-corrected chi connectivity index (χ1v) is 8.25. The standard InChI is InChI=1S/C14H16BrClN2O2S/c1-19-12-6-8(5-10(16)14(12)20-2)11(18-17)7-13-9(15)3-4-21-13/h3-6,11,18H,7,17H2,1-2H3. The molecule has 0 aliphatic carbocycles. The van der Waals surface area contributed by atoms with Crippen molar-refractivity contribution in [2.24, 2.45) is 5.84 Å². The van der Waals surface area contributed by atoms with Gasteiger partial charge >= 0.3 is 0 Å². The molecule has 0 aliphatic rings. The number of nitrogens with one attached hydrogen (secondary N) is 1. The van der Waals surface area contributed by atoms with Crippen molar-refractivity contribution in [1.29, 1.82) is 0 Å². The fraction of sp³-hybridized carbons (Fsp3) is 0.286. The minimum absolute atomic E-state index is 0.0720. The Labute approximate surface area is 141 Å². The number of halogens is 2. The third kappa shape index (κ3) is 3.70. The van der Waals surface area contributed by atoms with Crippen LogP contribution in [0.5, 0.6) is 11.5 Å². The molecule has 0 radical (unpaired) electrons. The minimum atomic E-state index is -0.0720. The highest BCUT2D eigenvalue weighted by Gasteiger charge is 2.18. The fourth-order valence-electron chi connectivity index (χ4n) is 2.07. The number of rotatable bonds is 6. The molecule has 2 aromatic rings. The Kier molecular flexibility index (Phi) is 5.89. The predicted octanol–water partition coefficient (Wildman–Crippen LogP) is 3.93. The third-order valence-electron chi connectivity index (χ3n) is 3.14. The van der Waals surface area contributed by atoms with Gasteiger partial charge in [-0.1, -0.05) is 11.6 Å². The van der Waals surface area contributed by atoms with E-state index in [1.54, 1.807) is 25.6 Å². The summed E-state index contributed by atoms with van der Waals surface area (Å²) in [4.78, 5) is 1.21. The molecule has 3 N–H and O–H groups in total. The minimum Gasteiger partial charge on any atom is -0.493 e. The summed E-state index contributed by atoms with van der Waals surface area (Å²) in [5.41, 5.74) is 3.78. The zero-order valence-electron chi connectivity index (χ0n) is 11.7. The highest BCUT2D eigenvalue weighted by atomic mass is 79.9.